The molecule has 0 aromatic carbocycles. The number of rotatable bonds is 3. The van der Waals surface area contributed by atoms with Crippen molar-refractivity contribution in [1.82, 2.24) is 24.5 Å². The van der Waals surface area contributed by atoms with Crippen LogP contribution in [-0.2, 0) is 10.0 Å². The summed E-state index contributed by atoms with van der Waals surface area (Å²) in [5.41, 5.74) is 1.82. The molecule has 7 nitrogen and oxygen atoms in total. The summed E-state index contributed by atoms with van der Waals surface area (Å²) in [4.78, 5) is 9.09. The fourth-order valence-corrected chi connectivity index (χ4v) is 4.03. The van der Waals surface area contributed by atoms with Crippen molar-refractivity contribution in [3.8, 4) is 0 Å². The Labute approximate surface area is 123 Å². The first-order valence-electron chi connectivity index (χ1n) is 6.78. The summed E-state index contributed by atoms with van der Waals surface area (Å²) in [6, 6.07) is 1.92. The number of H-pyrrole nitrogens is 1. The molecule has 2 aromatic rings. The molecule has 1 aliphatic rings. The van der Waals surface area contributed by atoms with E-state index >= 15 is 0 Å². The van der Waals surface area contributed by atoms with Gasteiger partial charge in [-0.2, -0.15) is 9.40 Å². The molecule has 1 atom stereocenters. The Kier molecular flexibility index (Phi) is 3.50. The minimum atomic E-state index is -3.47. The van der Waals surface area contributed by atoms with Gasteiger partial charge in [0.15, 0.2) is 0 Å². The van der Waals surface area contributed by atoms with Crippen molar-refractivity contribution < 1.29 is 8.42 Å². The molecule has 0 amide bonds. The van der Waals surface area contributed by atoms with E-state index in [1.807, 2.05) is 19.9 Å². The SMILES string of the molecule is Cc1cc(C)nc([C@H]2CCN(S(=O)(=O)c3cn[nH]c3)C2)n1. The summed E-state index contributed by atoms with van der Waals surface area (Å²) in [5, 5.41) is 6.24. The minimum absolute atomic E-state index is 0.0466. The van der Waals surface area contributed by atoms with Crippen LogP contribution in [0.5, 0.6) is 0 Å². The van der Waals surface area contributed by atoms with Crippen molar-refractivity contribution in [2.24, 2.45) is 0 Å². The number of hydrogen-bond donors (Lipinski definition) is 1. The Hall–Kier alpha value is -1.80. The monoisotopic (exact) mass is 307 g/mol. The second-order valence-electron chi connectivity index (χ2n) is 5.29. The first-order chi connectivity index (χ1) is 9.96. The molecular weight excluding hydrogens is 290 g/mol. The van der Waals surface area contributed by atoms with Gasteiger partial charge in [0, 0.05) is 36.6 Å². The molecule has 1 N–H and O–H groups in total. The highest BCUT2D eigenvalue weighted by molar-refractivity contribution is 7.89. The molecule has 1 aliphatic heterocycles. The topological polar surface area (TPSA) is 91.8 Å². The van der Waals surface area contributed by atoms with Gasteiger partial charge in [-0.3, -0.25) is 5.10 Å². The van der Waals surface area contributed by atoms with E-state index in [4.69, 9.17) is 0 Å². The molecule has 112 valence electrons. The van der Waals surface area contributed by atoms with Crippen molar-refractivity contribution >= 4 is 10.0 Å². The van der Waals surface area contributed by atoms with Gasteiger partial charge in [-0.15, -0.1) is 0 Å². The average molecular weight is 307 g/mol. The van der Waals surface area contributed by atoms with E-state index < -0.39 is 10.0 Å². The largest absolute Gasteiger partial charge is 0.284 e. The maximum atomic E-state index is 12.4. The summed E-state index contributed by atoms with van der Waals surface area (Å²) in [7, 11) is -3.47. The van der Waals surface area contributed by atoms with Gasteiger partial charge in [-0.25, -0.2) is 18.4 Å². The van der Waals surface area contributed by atoms with Crippen molar-refractivity contribution in [2.75, 3.05) is 13.1 Å². The Bertz CT molecular complexity index is 722. The lowest BCUT2D eigenvalue weighted by atomic mass is 10.1. The molecule has 3 heterocycles. The van der Waals surface area contributed by atoms with Crippen LogP contribution in [0.3, 0.4) is 0 Å². The molecule has 8 heteroatoms. The van der Waals surface area contributed by atoms with Crippen LogP contribution in [0.2, 0.25) is 0 Å². The van der Waals surface area contributed by atoms with Crippen LogP contribution >= 0.6 is 0 Å². The van der Waals surface area contributed by atoms with E-state index in [-0.39, 0.29) is 10.8 Å². The van der Waals surface area contributed by atoms with Crippen LogP contribution < -0.4 is 0 Å². The van der Waals surface area contributed by atoms with Gasteiger partial charge >= 0.3 is 0 Å². The van der Waals surface area contributed by atoms with Crippen molar-refractivity contribution in [2.45, 2.75) is 31.1 Å². The van der Waals surface area contributed by atoms with Gasteiger partial charge in [0.25, 0.3) is 0 Å². The smallest absolute Gasteiger partial charge is 0.246 e. The fraction of sp³-hybridized carbons (Fsp3) is 0.462. The number of aromatic nitrogens is 4. The Balaban J connectivity index is 1.82. The minimum Gasteiger partial charge on any atom is -0.284 e. The van der Waals surface area contributed by atoms with Crippen LogP contribution in [0.25, 0.3) is 0 Å². The van der Waals surface area contributed by atoms with Gasteiger partial charge in [0.05, 0.1) is 6.20 Å². The number of sulfonamides is 1. The first kappa shape index (κ1) is 14.2. The summed E-state index contributed by atoms with van der Waals surface area (Å²) < 4.78 is 26.3. The quantitative estimate of drug-likeness (QED) is 0.913. The predicted molar refractivity (Wildman–Crippen MR) is 76.2 cm³/mol. The van der Waals surface area contributed by atoms with Crippen LogP contribution in [0.4, 0.5) is 0 Å². The zero-order valence-electron chi connectivity index (χ0n) is 11.9. The van der Waals surface area contributed by atoms with E-state index in [1.54, 1.807) is 0 Å². The second kappa shape index (κ2) is 5.19. The molecule has 1 saturated heterocycles. The molecule has 0 saturated carbocycles. The molecule has 0 bridgehead atoms. The second-order valence-corrected chi connectivity index (χ2v) is 7.23. The lowest BCUT2D eigenvalue weighted by Gasteiger charge is -2.15. The molecule has 0 radical (unpaired) electrons. The highest BCUT2D eigenvalue weighted by Crippen LogP contribution is 2.29. The lowest BCUT2D eigenvalue weighted by Crippen LogP contribution is -2.28. The number of aryl methyl sites for hydroxylation is 2. The Morgan fingerprint density at radius 2 is 2.00 bits per heavy atom. The molecule has 3 rings (SSSR count). The molecule has 0 aliphatic carbocycles. The maximum Gasteiger partial charge on any atom is 0.246 e. The predicted octanol–water partition coefficient (Wildman–Crippen LogP) is 0.995. The van der Waals surface area contributed by atoms with Gasteiger partial charge in [0.1, 0.15) is 10.7 Å². The summed E-state index contributed by atoms with van der Waals surface area (Å²) >= 11 is 0. The Morgan fingerprint density at radius 3 is 2.62 bits per heavy atom. The lowest BCUT2D eigenvalue weighted by molar-refractivity contribution is 0.471. The number of hydrogen-bond acceptors (Lipinski definition) is 5. The van der Waals surface area contributed by atoms with Crippen LogP contribution in [0.15, 0.2) is 23.4 Å². The molecule has 0 unspecified atom stereocenters. The van der Waals surface area contributed by atoms with Crippen molar-refractivity contribution in [3.63, 3.8) is 0 Å². The highest BCUT2D eigenvalue weighted by Gasteiger charge is 2.35. The third-order valence-electron chi connectivity index (χ3n) is 3.63. The zero-order chi connectivity index (χ0) is 15.0. The van der Waals surface area contributed by atoms with E-state index in [0.29, 0.717) is 13.1 Å². The molecule has 1 fully saturated rings. The van der Waals surface area contributed by atoms with Crippen molar-refractivity contribution in [1.29, 1.82) is 0 Å². The van der Waals surface area contributed by atoms with E-state index in [2.05, 4.69) is 20.2 Å². The normalized spacial score (nSPS) is 20.0. The third kappa shape index (κ3) is 2.68. The highest BCUT2D eigenvalue weighted by atomic mass is 32.2. The fourth-order valence-electron chi connectivity index (χ4n) is 2.62. The average Bonchev–Trinajstić information content (AvgIpc) is 3.10. The number of aromatic amines is 1. The van der Waals surface area contributed by atoms with Crippen LogP contribution in [0.1, 0.15) is 29.6 Å². The summed E-state index contributed by atoms with van der Waals surface area (Å²) in [6.07, 6.45) is 3.46. The van der Waals surface area contributed by atoms with Crippen LogP contribution in [-0.4, -0.2) is 46.0 Å². The van der Waals surface area contributed by atoms with E-state index in [9.17, 15) is 8.42 Å². The molecule has 2 aromatic heterocycles. The van der Waals surface area contributed by atoms with Crippen molar-refractivity contribution in [3.05, 3.63) is 35.7 Å². The number of nitrogens with one attached hydrogen (secondary N) is 1. The van der Waals surface area contributed by atoms with Gasteiger partial charge in [0.2, 0.25) is 10.0 Å². The molecular formula is C13H17N5O2S. The van der Waals surface area contributed by atoms with E-state index in [1.165, 1.54) is 16.7 Å². The van der Waals surface area contributed by atoms with Crippen LogP contribution in [0, 0.1) is 13.8 Å². The summed E-state index contributed by atoms with van der Waals surface area (Å²) in [5.74, 6) is 0.780. The molecule has 0 spiro atoms. The maximum absolute atomic E-state index is 12.4. The van der Waals surface area contributed by atoms with Gasteiger partial charge in [-0.1, -0.05) is 0 Å². The Morgan fingerprint density at radius 1 is 1.29 bits per heavy atom. The van der Waals surface area contributed by atoms with E-state index in [0.717, 1.165) is 23.6 Å². The number of nitrogens with zero attached hydrogens (tertiary/aromatic N) is 4. The summed E-state index contributed by atoms with van der Waals surface area (Å²) in [6.45, 7) is 4.74. The standard InChI is InChI=1S/C13H17N5O2S/c1-9-5-10(2)17-13(16-9)11-3-4-18(8-11)21(19,20)12-6-14-15-7-12/h5-7,11H,3-4,8H2,1-2H3,(H,14,15)/t11-/m0/s1. The zero-order valence-corrected chi connectivity index (χ0v) is 12.8. The van der Waals surface area contributed by atoms with Gasteiger partial charge in [-0.05, 0) is 26.3 Å². The first-order valence-corrected chi connectivity index (χ1v) is 8.22. The van der Waals surface area contributed by atoms with Gasteiger partial charge < -0.3 is 0 Å². The third-order valence-corrected chi connectivity index (χ3v) is 5.46. The molecule has 21 heavy (non-hydrogen) atoms.